The largest absolute Gasteiger partial charge is 0.362 e. The van der Waals surface area contributed by atoms with Crippen molar-refractivity contribution in [1.29, 1.82) is 0 Å². The average molecular weight is 325 g/mol. The normalized spacial score (nSPS) is 22.2. The third-order valence-corrected chi connectivity index (χ3v) is 5.01. The van der Waals surface area contributed by atoms with Gasteiger partial charge in [0.15, 0.2) is 0 Å². The van der Waals surface area contributed by atoms with Crippen molar-refractivity contribution >= 4 is 40.0 Å². The maximum atomic E-state index is 6.53. The second-order valence-corrected chi connectivity index (χ2v) is 7.67. The van der Waals surface area contributed by atoms with Crippen LogP contribution in [-0.2, 0) is 0 Å². The minimum absolute atomic E-state index is 0.0559. The number of halogens is 1. The molecular weight excluding hydrogens is 304 g/mol. The fourth-order valence-electron chi connectivity index (χ4n) is 3.02. The molecule has 1 saturated heterocycles. The van der Waals surface area contributed by atoms with Gasteiger partial charge in [0.25, 0.3) is 0 Å². The van der Waals surface area contributed by atoms with Gasteiger partial charge in [-0.25, -0.2) is 0 Å². The summed E-state index contributed by atoms with van der Waals surface area (Å²) in [7, 11) is 0. The predicted octanol–water partition coefficient (Wildman–Crippen LogP) is 3.56. The summed E-state index contributed by atoms with van der Waals surface area (Å²) >= 11 is 7.78. The zero-order chi connectivity index (χ0) is 15.2. The van der Waals surface area contributed by atoms with Crippen LogP contribution in [0.5, 0.6) is 0 Å². The third-order valence-electron chi connectivity index (χ3n) is 4.16. The number of piperazine rings is 1. The molecular formula is C15H21ClN4S. The van der Waals surface area contributed by atoms with E-state index in [0.29, 0.717) is 12.0 Å². The summed E-state index contributed by atoms with van der Waals surface area (Å²) in [6.45, 7) is 10.8. The molecule has 1 aromatic heterocycles. The summed E-state index contributed by atoms with van der Waals surface area (Å²) in [6.07, 6.45) is 0. The topological polar surface area (TPSA) is 41.0 Å². The minimum Gasteiger partial charge on any atom is -0.362 e. The number of hydrogen-bond acceptors (Lipinski definition) is 5. The number of fused-ring (bicyclic) bond motifs is 1. The first-order chi connectivity index (χ1) is 9.89. The molecule has 0 saturated carbocycles. The monoisotopic (exact) mass is 324 g/mol. The maximum absolute atomic E-state index is 6.53. The molecule has 1 atom stereocenters. The van der Waals surface area contributed by atoms with E-state index in [1.165, 1.54) is 11.7 Å². The van der Waals surface area contributed by atoms with Crippen molar-refractivity contribution in [3.63, 3.8) is 0 Å². The molecule has 6 heteroatoms. The predicted molar refractivity (Wildman–Crippen MR) is 90.5 cm³/mol. The fourth-order valence-corrected chi connectivity index (χ4v) is 3.82. The number of aromatic nitrogens is 2. The van der Waals surface area contributed by atoms with Gasteiger partial charge in [-0.05, 0) is 31.9 Å². The fraction of sp³-hybridized carbons (Fsp3) is 0.600. The highest BCUT2D eigenvalue weighted by atomic mass is 35.5. The van der Waals surface area contributed by atoms with Gasteiger partial charge in [0.1, 0.15) is 11.0 Å². The van der Waals surface area contributed by atoms with E-state index in [1.54, 1.807) is 0 Å². The summed E-state index contributed by atoms with van der Waals surface area (Å²) in [6, 6.07) is 4.29. The smallest absolute Gasteiger partial charge is 0.129 e. The lowest BCUT2D eigenvalue weighted by Gasteiger charge is -2.47. The Bertz CT molecular complexity index is 652. The number of nitrogens with one attached hydrogen (secondary N) is 1. The number of rotatable bonds is 2. The Hall–Kier alpha value is -0.910. The Kier molecular flexibility index (Phi) is 3.84. The lowest BCUT2D eigenvalue weighted by molar-refractivity contribution is 0.277. The summed E-state index contributed by atoms with van der Waals surface area (Å²) in [5.41, 5.74) is 2.95. The first kappa shape index (κ1) is 15.0. The first-order valence-corrected chi connectivity index (χ1v) is 8.42. The molecule has 4 nitrogen and oxygen atoms in total. The Labute approximate surface area is 134 Å². The second kappa shape index (κ2) is 5.38. The standard InChI is InChI=1S/C15H21ClN4S/c1-9(2)12-7-17-15(3,4)8-20(12)14-10(16)5-6-11-13(14)19-21-18-11/h5-6,9,12,17H,7-8H2,1-4H3. The summed E-state index contributed by atoms with van der Waals surface area (Å²) in [5, 5.41) is 4.40. The molecule has 114 valence electrons. The van der Waals surface area contributed by atoms with Crippen molar-refractivity contribution in [2.24, 2.45) is 5.92 Å². The van der Waals surface area contributed by atoms with E-state index in [-0.39, 0.29) is 5.54 Å². The Balaban J connectivity index is 2.12. The van der Waals surface area contributed by atoms with Crippen LogP contribution in [0.25, 0.3) is 11.0 Å². The van der Waals surface area contributed by atoms with Crippen LogP contribution < -0.4 is 10.2 Å². The lowest BCUT2D eigenvalue weighted by Crippen LogP contribution is -2.63. The van der Waals surface area contributed by atoms with Gasteiger partial charge in [-0.3, -0.25) is 0 Å². The zero-order valence-electron chi connectivity index (χ0n) is 12.9. The van der Waals surface area contributed by atoms with Crippen molar-refractivity contribution in [1.82, 2.24) is 14.1 Å². The molecule has 0 bridgehead atoms. The van der Waals surface area contributed by atoms with Crippen LogP contribution in [0.3, 0.4) is 0 Å². The van der Waals surface area contributed by atoms with Gasteiger partial charge in [-0.15, -0.1) is 0 Å². The molecule has 1 aromatic carbocycles. The number of anilines is 1. The maximum Gasteiger partial charge on any atom is 0.129 e. The van der Waals surface area contributed by atoms with Crippen LogP contribution in [0, 0.1) is 5.92 Å². The molecule has 1 N–H and O–H groups in total. The molecule has 1 aliphatic heterocycles. The Morgan fingerprint density at radius 3 is 2.86 bits per heavy atom. The quantitative estimate of drug-likeness (QED) is 0.917. The lowest BCUT2D eigenvalue weighted by atomic mass is 9.92. The summed E-state index contributed by atoms with van der Waals surface area (Å²) < 4.78 is 8.83. The average Bonchev–Trinajstić information content (AvgIpc) is 2.85. The van der Waals surface area contributed by atoms with E-state index in [0.717, 1.165) is 34.8 Å². The van der Waals surface area contributed by atoms with Gasteiger partial charge in [-0.2, -0.15) is 8.75 Å². The molecule has 1 aliphatic rings. The van der Waals surface area contributed by atoms with Crippen molar-refractivity contribution in [2.45, 2.75) is 39.3 Å². The Morgan fingerprint density at radius 2 is 2.14 bits per heavy atom. The van der Waals surface area contributed by atoms with E-state index < -0.39 is 0 Å². The van der Waals surface area contributed by atoms with Crippen LogP contribution in [0.2, 0.25) is 5.02 Å². The van der Waals surface area contributed by atoms with Crippen LogP contribution in [0.15, 0.2) is 12.1 Å². The van der Waals surface area contributed by atoms with Crippen LogP contribution in [0.4, 0.5) is 5.69 Å². The van der Waals surface area contributed by atoms with Crippen LogP contribution in [0.1, 0.15) is 27.7 Å². The molecule has 3 rings (SSSR count). The van der Waals surface area contributed by atoms with E-state index in [1.807, 2.05) is 12.1 Å². The van der Waals surface area contributed by atoms with Gasteiger partial charge in [0, 0.05) is 24.7 Å². The molecule has 0 aliphatic carbocycles. The van der Waals surface area contributed by atoms with E-state index in [9.17, 15) is 0 Å². The molecule has 0 radical (unpaired) electrons. The molecule has 2 heterocycles. The highest BCUT2D eigenvalue weighted by Crippen LogP contribution is 2.37. The van der Waals surface area contributed by atoms with Gasteiger partial charge < -0.3 is 10.2 Å². The highest BCUT2D eigenvalue weighted by molar-refractivity contribution is 7.00. The van der Waals surface area contributed by atoms with Gasteiger partial charge in [0.05, 0.1) is 22.4 Å². The zero-order valence-corrected chi connectivity index (χ0v) is 14.4. The Morgan fingerprint density at radius 1 is 1.38 bits per heavy atom. The first-order valence-electron chi connectivity index (χ1n) is 7.31. The van der Waals surface area contributed by atoms with Crippen molar-refractivity contribution in [3.8, 4) is 0 Å². The second-order valence-electron chi connectivity index (χ2n) is 6.73. The minimum atomic E-state index is 0.0559. The molecule has 0 spiro atoms. The molecule has 21 heavy (non-hydrogen) atoms. The van der Waals surface area contributed by atoms with Gasteiger partial charge in [-0.1, -0.05) is 25.4 Å². The van der Waals surface area contributed by atoms with Crippen molar-refractivity contribution in [2.75, 3.05) is 18.0 Å². The highest BCUT2D eigenvalue weighted by Gasteiger charge is 2.36. The van der Waals surface area contributed by atoms with Crippen LogP contribution >= 0.6 is 23.3 Å². The number of hydrogen-bond donors (Lipinski definition) is 1. The SMILES string of the molecule is CC(C)C1CNC(C)(C)CN1c1c(Cl)ccc2nsnc12. The summed E-state index contributed by atoms with van der Waals surface area (Å²) in [4.78, 5) is 2.42. The molecule has 2 aromatic rings. The molecule has 1 unspecified atom stereocenters. The van der Waals surface area contributed by atoms with Crippen molar-refractivity contribution in [3.05, 3.63) is 17.2 Å². The number of nitrogens with zero attached hydrogens (tertiary/aromatic N) is 3. The van der Waals surface area contributed by atoms with Crippen LogP contribution in [-0.4, -0.2) is 33.4 Å². The number of benzene rings is 1. The van der Waals surface area contributed by atoms with Gasteiger partial charge >= 0.3 is 0 Å². The van der Waals surface area contributed by atoms with E-state index in [4.69, 9.17) is 11.6 Å². The van der Waals surface area contributed by atoms with E-state index in [2.05, 4.69) is 46.7 Å². The van der Waals surface area contributed by atoms with Crippen molar-refractivity contribution < 1.29 is 0 Å². The molecule has 0 amide bonds. The summed E-state index contributed by atoms with van der Waals surface area (Å²) in [5.74, 6) is 0.534. The van der Waals surface area contributed by atoms with Gasteiger partial charge in [0.2, 0.25) is 0 Å². The molecule has 1 fully saturated rings. The van der Waals surface area contributed by atoms with E-state index >= 15 is 0 Å². The third kappa shape index (κ3) is 2.74.